The van der Waals surface area contributed by atoms with Gasteiger partial charge in [-0.05, 0) is 54.3 Å². The van der Waals surface area contributed by atoms with Gasteiger partial charge in [0.15, 0.2) is 10.9 Å². The number of fused-ring (bicyclic) bond motifs is 1. The molecule has 2 aliphatic rings. The number of carbonyl (C=O) groups excluding carboxylic acids is 2. The Hall–Kier alpha value is -3.63. The zero-order valence-electron chi connectivity index (χ0n) is 20.1. The minimum atomic E-state index is -1.72. The van der Waals surface area contributed by atoms with Crippen LogP contribution >= 0.6 is 0 Å². The average molecular weight is 526 g/mol. The lowest BCUT2D eigenvalue weighted by Crippen LogP contribution is -2.49. The van der Waals surface area contributed by atoms with Crippen molar-refractivity contribution in [2.75, 3.05) is 35.7 Å². The third-order valence-electron chi connectivity index (χ3n) is 6.50. The molecule has 3 aromatic carbocycles. The molecule has 1 fully saturated rings. The molecule has 5 rings (SSSR count). The zero-order chi connectivity index (χ0) is 26.1. The van der Waals surface area contributed by atoms with Crippen molar-refractivity contribution >= 4 is 34.4 Å². The zero-order valence-corrected chi connectivity index (χ0v) is 20.9. The molecule has 1 unspecified atom stereocenters. The lowest BCUT2D eigenvalue weighted by atomic mass is 10.1. The average Bonchev–Trinajstić information content (AvgIpc) is 3.41. The smallest absolute Gasteiger partial charge is 0.255 e. The van der Waals surface area contributed by atoms with Crippen molar-refractivity contribution in [3.05, 3.63) is 77.9 Å². The fourth-order valence-corrected chi connectivity index (χ4v) is 5.93. The summed E-state index contributed by atoms with van der Waals surface area (Å²) in [5, 5.41) is 2.51. The Morgan fingerprint density at radius 3 is 2.46 bits per heavy atom. The minimum Gasteiger partial charge on any atom is -0.611 e. The largest absolute Gasteiger partial charge is 0.611 e. The Morgan fingerprint density at radius 2 is 1.73 bits per heavy atom. The first-order valence-electron chi connectivity index (χ1n) is 11.9. The van der Waals surface area contributed by atoms with Gasteiger partial charge in [0.2, 0.25) is 0 Å². The van der Waals surface area contributed by atoms with Crippen molar-refractivity contribution in [3.8, 4) is 11.5 Å². The maximum Gasteiger partial charge on any atom is 0.255 e. The maximum atomic E-state index is 15.0. The highest BCUT2D eigenvalue weighted by atomic mass is 32.2. The molecule has 0 aromatic heterocycles. The predicted octanol–water partition coefficient (Wildman–Crippen LogP) is 4.24. The van der Waals surface area contributed by atoms with E-state index in [9.17, 15) is 22.9 Å². The van der Waals surface area contributed by atoms with Gasteiger partial charge in [0, 0.05) is 32.3 Å². The number of ether oxygens (including phenoxy) is 1. The van der Waals surface area contributed by atoms with E-state index in [0.717, 1.165) is 18.9 Å². The molecule has 3 aromatic rings. The van der Waals surface area contributed by atoms with Crippen LogP contribution in [-0.4, -0.2) is 48.3 Å². The van der Waals surface area contributed by atoms with Gasteiger partial charge in [-0.15, -0.1) is 0 Å². The molecule has 2 amide bonds. The van der Waals surface area contributed by atoms with Gasteiger partial charge in [-0.2, -0.15) is 0 Å². The van der Waals surface area contributed by atoms with E-state index in [1.165, 1.54) is 36.2 Å². The van der Waals surface area contributed by atoms with Crippen LogP contribution < -0.4 is 19.9 Å². The second kappa shape index (κ2) is 10.4. The molecule has 37 heavy (non-hydrogen) atoms. The SMILES string of the molecule is CN1C(=O)[C@@H](NC(=O)c2cc(Oc3ccccc3)ccc2F)C[S+]([O-])c2cc(N3CCCC3)c(F)cc21. The van der Waals surface area contributed by atoms with Gasteiger partial charge in [0.25, 0.3) is 11.8 Å². The van der Waals surface area contributed by atoms with Crippen LogP contribution in [0.2, 0.25) is 0 Å². The van der Waals surface area contributed by atoms with Crippen molar-refractivity contribution in [1.29, 1.82) is 0 Å². The van der Waals surface area contributed by atoms with Crippen LogP contribution in [0.15, 0.2) is 65.6 Å². The standard InChI is InChI=1S/C27H25F2N3O4S/c1-31-24-14-21(29)23(32-11-5-6-12-32)15-25(24)37(35)16-22(27(31)34)30-26(33)19-13-18(9-10-20(19)28)36-17-7-3-2-4-8-17/h2-4,7-10,13-15,22H,5-6,11-12,16H2,1H3,(H,30,33)/t22-,37?/m0/s1. The molecule has 0 spiro atoms. The normalized spacial score (nSPS) is 19.4. The summed E-state index contributed by atoms with van der Waals surface area (Å²) in [6.45, 7) is 1.41. The van der Waals surface area contributed by atoms with Gasteiger partial charge in [0.05, 0.1) is 11.3 Å². The summed E-state index contributed by atoms with van der Waals surface area (Å²) in [6, 6.07) is 14.1. The van der Waals surface area contributed by atoms with Crippen molar-refractivity contribution in [2.24, 2.45) is 0 Å². The van der Waals surface area contributed by atoms with Crippen molar-refractivity contribution in [1.82, 2.24) is 5.32 Å². The summed E-state index contributed by atoms with van der Waals surface area (Å²) in [5.74, 6) is -2.21. The number of rotatable bonds is 5. The Morgan fingerprint density at radius 1 is 1.00 bits per heavy atom. The van der Waals surface area contributed by atoms with E-state index in [1.54, 1.807) is 24.3 Å². The molecule has 2 atom stereocenters. The van der Waals surface area contributed by atoms with Crippen LogP contribution in [0, 0.1) is 11.6 Å². The van der Waals surface area contributed by atoms with Crippen LogP contribution in [0.4, 0.5) is 20.2 Å². The molecule has 7 nitrogen and oxygen atoms in total. The summed E-state index contributed by atoms with van der Waals surface area (Å²) in [7, 11) is 1.44. The fourth-order valence-electron chi connectivity index (χ4n) is 4.55. The number of nitrogens with zero attached hydrogens (tertiary/aromatic N) is 2. The Kier molecular flexibility index (Phi) is 7.03. The molecule has 2 aliphatic heterocycles. The van der Waals surface area contributed by atoms with Crippen molar-refractivity contribution < 1.29 is 27.7 Å². The van der Waals surface area contributed by atoms with Crippen LogP contribution in [0.5, 0.6) is 11.5 Å². The van der Waals surface area contributed by atoms with Gasteiger partial charge in [-0.3, -0.25) is 9.59 Å². The molecule has 0 bridgehead atoms. The molecule has 0 saturated carbocycles. The third kappa shape index (κ3) is 5.12. The highest BCUT2D eigenvalue weighted by Crippen LogP contribution is 2.36. The van der Waals surface area contributed by atoms with Gasteiger partial charge >= 0.3 is 0 Å². The maximum absolute atomic E-state index is 15.0. The van der Waals surface area contributed by atoms with Gasteiger partial charge in [-0.1, -0.05) is 18.2 Å². The van der Waals surface area contributed by atoms with Crippen molar-refractivity contribution in [3.63, 3.8) is 0 Å². The monoisotopic (exact) mass is 525 g/mol. The molecule has 192 valence electrons. The topological polar surface area (TPSA) is 84.9 Å². The van der Waals surface area contributed by atoms with E-state index in [0.29, 0.717) is 29.4 Å². The second-order valence-corrected chi connectivity index (χ2v) is 10.4. The highest BCUT2D eigenvalue weighted by molar-refractivity contribution is 7.91. The molecular formula is C27H25F2N3O4S. The molecule has 10 heteroatoms. The van der Waals surface area contributed by atoms with E-state index in [4.69, 9.17) is 4.74 Å². The number of carbonyl (C=O) groups is 2. The van der Waals surface area contributed by atoms with Crippen LogP contribution in [0.1, 0.15) is 23.2 Å². The molecule has 0 radical (unpaired) electrons. The first kappa shape index (κ1) is 25.0. The summed E-state index contributed by atoms with van der Waals surface area (Å²) < 4.78 is 48.5. The van der Waals surface area contributed by atoms with Gasteiger partial charge in [-0.25, -0.2) is 8.78 Å². The summed E-state index contributed by atoms with van der Waals surface area (Å²) >= 11 is -1.72. The van der Waals surface area contributed by atoms with E-state index in [1.807, 2.05) is 11.0 Å². The summed E-state index contributed by atoms with van der Waals surface area (Å²) in [6.07, 6.45) is 1.89. The summed E-state index contributed by atoms with van der Waals surface area (Å²) in [4.78, 5) is 29.6. The Balaban J connectivity index is 1.38. The van der Waals surface area contributed by atoms with Crippen LogP contribution in [-0.2, 0) is 16.0 Å². The van der Waals surface area contributed by atoms with Crippen LogP contribution in [0.25, 0.3) is 0 Å². The third-order valence-corrected chi connectivity index (χ3v) is 7.95. The molecule has 1 saturated heterocycles. The molecule has 2 heterocycles. The highest BCUT2D eigenvalue weighted by Gasteiger charge is 2.38. The number of halogens is 2. The number of anilines is 2. The Labute approximate surface area is 216 Å². The van der Waals surface area contributed by atoms with Gasteiger partial charge in [0.1, 0.15) is 34.6 Å². The molecule has 1 N–H and O–H groups in total. The van der Waals surface area contributed by atoms with E-state index >= 15 is 0 Å². The number of likely N-dealkylation sites (N-methyl/N-ethyl adjacent to an activating group) is 1. The quantitative estimate of drug-likeness (QED) is 0.504. The number of hydrogen-bond donors (Lipinski definition) is 1. The number of benzene rings is 3. The number of amides is 2. The summed E-state index contributed by atoms with van der Waals surface area (Å²) in [5.41, 5.74) is 0.217. The first-order valence-corrected chi connectivity index (χ1v) is 13.2. The van der Waals surface area contributed by atoms with Crippen molar-refractivity contribution in [2.45, 2.75) is 23.8 Å². The van der Waals surface area contributed by atoms with E-state index < -0.39 is 40.7 Å². The lowest BCUT2D eigenvalue weighted by Gasteiger charge is -2.22. The Bertz CT molecular complexity index is 1330. The van der Waals surface area contributed by atoms with E-state index in [-0.39, 0.29) is 22.8 Å². The fraction of sp³-hybridized carbons (Fsp3) is 0.259. The second-order valence-electron chi connectivity index (χ2n) is 8.96. The van der Waals surface area contributed by atoms with Gasteiger partial charge < -0.3 is 24.4 Å². The number of para-hydroxylation sites is 1. The number of hydrogen-bond acceptors (Lipinski definition) is 5. The molecule has 0 aliphatic carbocycles. The van der Waals surface area contributed by atoms with E-state index in [2.05, 4.69) is 5.32 Å². The first-order chi connectivity index (χ1) is 17.8. The molecular weight excluding hydrogens is 500 g/mol. The number of nitrogens with one attached hydrogen (secondary N) is 1. The van der Waals surface area contributed by atoms with Crippen LogP contribution in [0.3, 0.4) is 0 Å². The minimum absolute atomic E-state index is 0.185. The lowest BCUT2D eigenvalue weighted by molar-refractivity contribution is -0.119. The predicted molar refractivity (Wildman–Crippen MR) is 137 cm³/mol.